The number of thioether (sulfide) groups is 1. The summed E-state index contributed by atoms with van der Waals surface area (Å²) in [5.41, 5.74) is 0. The molecule has 0 aliphatic carbocycles. The van der Waals surface area contributed by atoms with Crippen molar-refractivity contribution in [3.8, 4) is 5.75 Å². The number of benzene rings is 1. The van der Waals surface area contributed by atoms with Crippen molar-refractivity contribution >= 4 is 47.4 Å². The fourth-order valence-electron chi connectivity index (χ4n) is 1.53. The lowest BCUT2D eigenvalue weighted by Gasteiger charge is -2.20. The maximum absolute atomic E-state index is 6.14. The highest BCUT2D eigenvalue weighted by molar-refractivity contribution is 7.99. The molecule has 0 heterocycles. The third-order valence-corrected chi connectivity index (χ3v) is 4.28. The number of hydrogen-bond donors (Lipinski definition) is 1. The van der Waals surface area contributed by atoms with Crippen molar-refractivity contribution in [2.75, 3.05) is 19.3 Å². The molecule has 0 bridgehead atoms. The Balaban J connectivity index is 0.00000361. The summed E-state index contributed by atoms with van der Waals surface area (Å²) in [4.78, 5) is 0. The van der Waals surface area contributed by atoms with Crippen molar-refractivity contribution < 1.29 is 4.74 Å². The van der Waals surface area contributed by atoms with E-state index in [4.69, 9.17) is 27.9 Å². The molecule has 6 heteroatoms. The first-order valence-corrected chi connectivity index (χ1v) is 8.21. The van der Waals surface area contributed by atoms with Gasteiger partial charge in [-0.15, -0.1) is 12.4 Å². The fraction of sp³-hybridized carbons (Fsp3) is 0.571. The molecule has 0 aromatic heterocycles. The van der Waals surface area contributed by atoms with Gasteiger partial charge in [0.2, 0.25) is 0 Å². The lowest BCUT2D eigenvalue weighted by Crippen LogP contribution is -2.25. The first kappa shape index (κ1) is 20.2. The topological polar surface area (TPSA) is 21.3 Å². The molecular formula is C14H22Cl3NOS. The molecule has 1 N–H and O–H groups in total. The van der Waals surface area contributed by atoms with Crippen LogP contribution in [-0.4, -0.2) is 30.7 Å². The molecule has 2 nitrogen and oxygen atoms in total. The lowest BCUT2D eigenvalue weighted by atomic mass is 10.2. The van der Waals surface area contributed by atoms with Crippen molar-refractivity contribution in [2.24, 2.45) is 0 Å². The molecule has 0 spiro atoms. The van der Waals surface area contributed by atoms with Gasteiger partial charge in [0.1, 0.15) is 11.9 Å². The number of halogens is 3. The first-order chi connectivity index (χ1) is 9.02. The van der Waals surface area contributed by atoms with Crippen LogP contribution in [0.25, 0.3) is 0 Å². The van der Waals surface area contributed by atoms with Gasteiger partial charge in [0.15, 0.2) is 0 Å². The van der Waals surface area contributed by atoms with E-state index in [0.29, 0.717) is 21.0 Å². The molecule has 1 unspecified atom stereocenters. The van der Waals surface area contributed by atoms with Crippen molar-refractivity contribution in [3.63, 3.8) is 0 Å². The number of hydrogen-bond acceptors (Lipinski definition) is 3. The van der Waals surface area contributed by atoms with Gasteiger partial charge in [-0.1, -0.05) is 37.0 Å². The van der Waals surface area contributed by atoms with E-state index in [1.54, 1.807) is 12.1 Å². The molecule has 1 aromatic carbocycles. The van der Waals surface area contributed by atoms with Gasteiger partial charge in [-0.3, -0.25) is 0 Å². The van der Waals surface area contributed by atoms with E-state index in [2.05, 4.69) is 19.2 Å². The van der Waals surface area contributed by atoms with Crippen molar-refractivity contribution in [1.29, 1.82) is 0 Å². The first-order valence-electron chi connectivity index (χ1n) is 6.40. The van der Waals surface area contributed by atoms with Crippen LogP contribution in [0.4, 0.5) is 0 Å². The van der Waals surface area contributed by atoms with Crippen molar-refractivity contribution in [2.45, 2.75) is 31.6 Å². The summed E-state index contributed by atoms with van der Waals surface area (Å²) in [6.45, 7) is 5.30. The highest BCUT2D eigenvalue weighted by atomic mass is 35.5. The predicted octanol–water partition coefficient (Wildman–Crippen LogP) is 4.91. The summed E-state index contributed by atoms with van der Waals surface area (Å²) in [6.07, 6.45) is 1.10. The zero-order valence-corrected chi connectivity index (χ0v) is 15.1. The maximum Gasteiger partial charge on any atom is 0.138 e. The normalized spacial score (nSPS) is 12.1. The molecule has 0 radical (unpaired) electrons. The minimum absolute atomic E-state index is 0. The summed E-state index contributed by atoms with van der Waals surface area (Å²) < 4.78 is 6.00. The van der Waals surface area contributed by atoms with E-state index in [0.717, 1.165) is 18.7 Å². The van der Waals surface area contributed by atoms with Gasteiger partial charge in [0, 0.05) is 10.8 Å². The highest BCUT2D eigenvalue weighted by Crippen LogP contribution is 2.29. The summed E-state index contributed by atoms with van der Waals surface area (Å²) in [7, 11) is 1.95. The summed E-state index contributed by atoms with van der Waals surface area (Å²) in [5, 5.41) is 4.94. The Labute approximate surface area is 142 Å². The van der Waals surface area contributed by atoms with Crippen LogP contribution in [0.1, 0.15) is 20.3 Å². The minimum atomic E-state index is 0. The average Bonchev–Trinajstić information content (AvgIpc) is 2.35. The van der Waals surface area contributed by atoms with Gasteiger partial charge in [0.25, 0.3) is 0 Å². The second kappa shape index (κ2) is 10.9. The van der Waals surface area contributed by atoms with Crippen LogP contribution >= 0.6 is 47.4 Å². The van der Waals surface area contributed by atoms with Crippen LogP contribution in [0.3, 0.4) is 0 Å². The Bertz CT molecular complexity index is 391. The molecule has 0 saturated heterocycles. The van der Waals surface area contributed by atoms with Gasteiger partial charge in [-0.05, 0) is 43.5 Å². The fourth-order valence-corrected chi connectivity index (χ4v) is 2.82. The van der Waals surface area contributed by atoms with Crippen LogP contribution in [0.2, 0.25) is 10.0 Å². The molecule has 20 heavy (non-hydrogen) atoms. The molecular weight excluding hydrogens is 337 g/mol. The average molecular weight is 359 g/mol. The van der Waals surface area contributed by atoms with Crippen LogP contribution < -0.4 is 10.1 Å². The zero-order chi connectivity index (χ0) is 14.3. The Morgan fingerprint density at radius 3 is 2.55 bits per heavy atom. The van der Waals surface area contributed by atoms with Gasteiger partial charge in [-0.25, -0.2) is 0 Å². The molecule has 1 aromatic rings. The molecule has 0 aliphatic heterocycles. The second-order valence-corrected chi connectivity index (χ2v) is 7.04. The Hall–Kier alpha value is 0.200. The van der Waals surface area contributed by atoms with Crippen LogP contribution in [0.5, 0.6) is 5.75 Å². The lowest BCUT2D eigenvalue weighted by molar-refractivity contribution is 0.215. The molecule has 116 valence electrons. The number of nitrogens with one attached hydrogen (secondary N) is 1. The zero-order valence-electron chi connectivity index (χ0n) is 12.0. The van der Waals surface area contributed by atoms with E-state index in [-0.39, 0.29) is 18.5 Å². The van der Waals surface area contributed by atoms with Crippen LogP contribution in [-0.2, 0) is 0 Å². The van der Waals surface area contributed by atoms with Gasteiger partial charge < -0.3 is 10.1 Å². The Morgan fingerprint density at radius 2 is 2.00 bits per heavy atom. The smallest absolute Gasteiger partial charge is 0.138 e. The van der Waals surface area contributed by atoms with Gasteiger partial charge in [-0.2, -0.15) is 11.8 Å². The Kier molecular flexibility index (Phi) is 11.0. The summed E-state index contributed by atoms with van der Waals surface area (Å²) >= 11 is 13.9. The second-order valence-electron chi connectivity index (χ2n) is 4.59. The molecule has 0 aliphatic rings. The standard InChI is InChI=1S/C14H21Cl2NOS.ClH/c1-10(2)19-9-12(6-7-17-3)18-14-5-4-11(15)8-13(14)16;/h4-5,8,10,12,17H,6-7,9H2,1-3H3;1H. The van der Waals surface area contributed by atoms with E-state index >= 15 is 0 Å². The van der Waals surface area contributed by atoms with Gasteiger partial charge >= 0.3 is 0 Å². The van der Waals surface area contributed by atoms with E-state index in [1.165, 1.54) is 0 Å². The molecule has 0 saturated carbocycles. The summed E-state index contributed by atoms with van der Waals surface area (Å²) in [6, 6.07) is 5.34. The van der Waals surface area contributed by atoms with Gasteiger partial charge in [0.05, 0.1) is 5.02 Å². The Morgan fingerprint density at radius 1 is 1.30 bits per heavy atom. The molecule has 1 rings (SSSR count). The summed E-state index contributed by atoms with van der Waals surface area (Å²) in [5.74, 6) is 1.66. The largest absolute Gasteiger partial charge is 0.488 e. The third kappa shape index (κ3) is 7.84. The highest BCUT2D eigenvalue weighted by Gasteiger charge is 2.13. The molecule has 0 fully saturated rings. The van der Waals surface area contributed by atoms with Crippen LogP contribution in [0, 0.1) is 0 Å². The van der Waals surface area contributed by atoms with Crippen molar-refractivity contribution in [3.05, 3.63) is 28.2 Å². The third-order valence-electron chi connectivity index (χ3n) is 2.52. The van der Waals surface area contributed by atoms with E-state index in [9.17, 15) is 0 Å². The molecule has 0 amide bonds. The van der Waals surface area contributed by atoms with E-state index in [1.807, 2.05) is 24.9 Å². The van der Waals surface area contributed by atoms with E-state index < -0.39 is 0 Å². The SMILES string of the molecule is CNCCC(CSC(C)C)Oc1ccc(Cl)cc1Cl.Cl. The quantitative estimate of drug-likeness (QED) is 0.713. The molecule has 1 atom stereocenters. The van der Waals surface area contributed by atoms with Crippen molar-refractivity contribution in [1.82, 2.24) is 5.32 Å². The maximum atomic E-state index is 6.14. The minimum Gasteiger partial charge on any atom is -0.488 e. The van der Waals surface area contributed by atoms with Crippen LogP contribution in [0.15, 0.2) is 18.2 Å². The number of ether oxygens (including phenoxy) is 1. The number of rotatable bonds is 8. The monoisotopic (exact) mass is 357 g/mol. The predicted molar refractivity (Wildman–Crippen MR) is 94.3 cm³/mol.